The van der Waals surface area contributed by atoms with Gasteiger partial charge in [0.1, 0.15) is 17.2 Å². The molecule has 0 radical (unpaired) electrons. The van der Waals surface area contributed by atoms with Gasteiger partial charge in [-0.15, -0.1) is 0 Å². The molecule has 1 atom stereocenters. The summed E-state index contributed by atoms with van der Waals surface area (Å²) >= 11 is 0. The van der Waals surface area contributed by atoms with Crippen molar-refractivity contribution < 1.29 is 28.5 Å². The fourth-order valence-corrected chi connectivity index (χ4v) is 1.99. The van der Waals surface area contributed by atoms with Crippen LogP contribution in [0.15, 0.2) is 12.1 Å². The van der Waals surface area contributed by atoms with Crippen LogP contribution in [0.2, 0.25) is 0 Å². The first-order valence-electron chi connectivity index (χ1n) is 6.72. The molecule has 0 unspecified atom stereocenters. The Morgan fingerprint density at radius 2 is 1.64 bits per heavy atom. The van der Waals surface area contributed by atoms with E-state index < -0.39 is 12.0 Å². The van der Waals surface area contributed by atoms with E-state index in [1.807, 2.05) is 0 Å². The number of ether oxygens (including phenoxy) is 4. The zero-order valence-corrected chi connectivity index (χ0v) is 13.4. The molecule has 1 rings (SSSR count). The van der Waals surface area contributed by atoms with Gasteiger partial charge in [0.05, 0.1) is 33.5 Å². The van der Waals surface area contributed by atoms with E-state index in [0.717, 1.165) is 0 Å². The van der Waals surface area contributed by atoms with Gasteiger partial charge in [-0.3, -0.25) is 4.79 Å². The number of hydrogen-bond donors (Lipinski definition) is 1. The third-order valence-electron chi connectivity index (χ3n) is 2.91. The van der Waals surface area contributed by atoms with E-state index in [4.69, 9.17) is 18.9 Å². The van der Waals surface area contributed by atoms with E-state index in [2.05, 4.69) is 5.32 Å². The van der Waals surface area contributed by atoms with Gasteiger partial charge in [-0.1, -0.05) is 0 Å². The predicted octanol–water partition coefficient (Wildman–Crippen LogP) is 1.45. The number of rotatable bonds is 7. The normalized spacial score (nSPS) is 11.3. The first-order valence-corrected chi connectivity index (χ1v) is 6.72. The van der Waals surface area contributed by atoms with Crippen LogP contribution in [0.5, 0.6) is 17.2 Å². The van der Waals surface area contributed by atoms with Crippen molar-refractivity contribution >= 4 is 11.9 Å². The molecule has 0 saturated carbocycles. The van der Waals surface area contributed by atoms with Crippen LogP contribution in [-0.4, -0.2) is 39.8 Å². The molecule has 0 aliphatic heterocycles. The van der Waals surface area contributed by atoms with Crippen molar-refractivity contribution in [1.82, 2.24) is 5.32 Å². The van der Waals surface area contributed by atoms with Crippen LogP contribution in [-0.2, 0) is 14.3 Å². The second kappa shape index (κ2) is 8.11. The molecule has 122 valence electrons. The van der Waals surface area contributed by atoms with Gasteiger partial charge in [-0.25, -0.2) is 4.79 Å². The predicted molar refractivity (Wildman–Crippen MR) is 79.3 cm³/mol. The largest absolute Gasteiger partial charge is 0.496 e. The Kier molecular flexibility index (Phi) is 6.49. The molecule has 0 aliphatic carbocycles. The first-order chi connectivity index (χ1) is 10.5. The summed E-state index contributed by atoms with van der Waals surface area (Å²) in [5, 5.41) is 2.55. The Hall–Kier alpha value is -2.44. The molecule has 7 heteroatoms. The van der Waals surface area contributed by atoms with Crippen molar-refractivity contribution in [1.29, 1.82) is 0 Å². The third-order valence-corrected chi connectivity index (χ3v) is 2.91. The van der Waals surface area contributed by atoms with E-state index in [9.17, 15) is 9.59 Å². The molecule has 0 fully saturated rings. The highest BCUT2D eigenvalue weighted by molar-refractivity contribution is 5.86. The number of methoxy groups -OCH3 is 3. The van der Waals surface area contributed by atoms with Crippen LogP contribution in [0.25, 0.3) is 0 Å². The van der Waals surface area contributed by atoms with E-state index in [1.165, 1.54) is 28.3 Å². The Balaban J connectivity index is 3.44. The van der Waals surface area contributed by atoms with E-state index in [-0.39, 0.29) is 12.5 Å². The quantitative estimate of drug-likeness (QED) is 0.768. The Bertz CT molecular complexity index is 518. The molecule has 1 amide bonds. The maximum absolute atomic E-state index is 12.2. The van der Waals surface area contributed by atoms with E-state index >= 15 is 0 Å². The van der Waals surface area contributed by atoms with Gasteiger partial charge in [0.2, 0.25) is 5.91 Å². The molecule has 0 bridgehead atoms. The topological polar surface area (TPSA) is 83.1 Å². The minimum absolute atomic E-state index is 0.190. The van der Waals surface area contributed by atoms with E-state index in [1.54, 1.807) is 19.1 Å². The summed E-state index contributed by atoms with van der Waals surface area (Å²) in [6, 6.07) is 2.17. The summed E-state index contributed by atoms with van der Waals surface area (Å²) in [5.74, 6) is 0.228. The standard InChI is InChI=1S/C15H21NO6/c1-6-22-15(18)14(16-9(2)17)13-11(20-4)7-10(19-3)8-12(13)21-5/h7-8,14H,6H2,1-5H3,(H,16,17)/t14-/m1/s1. The molecule has 7 nitrogen and oxygen atoms in total. The summed E-state index contributed by atoms with van der Waals surface area (Å²) in [6.45, 7) is 3.19. The minimum Gasteiger partial charge on any atom is -0.496 e. The van der Waals surface area contributed by atoms with Gasteiger partial charge >= 0.3 is 5.97 Å². The molecule has 0 aromatic heterocycles. The van der Waals surface area contributed by atoms with Crippen LogP contribution < -0.4 is 19.5 Å². The zero-order chi connectivity index (χ0) is 16.7. The number of nitrogens with one attached hydrogen (secondary N) is 1. The summed E-state index contributed by atoms with van der Waals surface area (Å²) in [4.78, 5) is 23.6. The van der Waals surface area contributed by atoms with Gasteiger partial charge in [0.15, 0.2) is 6.04 Å². The van der Waals surface area contributed by atoms with Crippen LogP contribution in [0, 0.1) is 0 Å². The van der Waals surface area contributed by atoms with Crippen molar-refractivity contribution in [3.8, 4) is 17.2 Å². The first kappa shape index (κ1) is 17.6. The van der Waals surface area contributed by atoms with Crippen LogP contribution in [0.4, 0.5) is 0 Å². The highest BCUT2D eigenvalue weighted by atomic mass is 16.5. The van der Waals surface area contributed by atoms with Gasteiger partial charge in [0.25, 0.3) is 0 Å². The summed E-state index contributed by atoms with van der Waals surface area (Å²) in [6.07, 6.45) is 0. The molecular formula is C15H21NO6. The molecule has 0 saturated heterocycles. The highest BCUT2D eigenvalue weighted by Crippen LogP contribution is 2.38. The number of carbonyl (C=O) groups is 2. The van der Waals surface area contributed by atoms with Crippen molar-refractivity contribution in [3.05, 3.63) is 17.7 Å². The van der Waals surface area contributed by atoms with Gasteiger partial charge in [-0.05, 0) is 6.92 Å². The molecule has 0 spiro atoms. The van der Waals surface area contributed by atoms with Gasteiger partial charge in [-0.2, -0.15) is 0 Å². The summed E-state index contributed by atoms with van der Waals surface area (Å²) in [5.41, 5.74) is 0.374. The van der Waals surface area contributed by atoms with Crippen LogP contribution in [0.3, 0.4) is 0 Å². The molecular weight excluding hydrogens is 290 g/mol. The molecule has 22 heavy (non-hydrogen) atoms. The van der Waals surface area contributed by atoms with Crippen molar-refractivity contribution in [3.63, 3.8) is 0 Å². The monoisotopic (exact) mass is 311 g/mol. The van der Waals surface area contributed by atoms with Crippen molar-refractivity contribution in [2.24, 2.45) is 0 Å². The minimum atomic E-state index is -1.03. The highest BCUT2D eigenvalue weighted by Gasteiger charge is 2.30. The molecule has 1 aromatic rings. The molecule has 1 aromatic carbocycles. The van der Waals surface area contributed by atoms with E-state index in [0.29, 0.717) is 22.8 Å². The van der Waals surface area contributed by atoms with Gasteiger partial charge in [0, 0.05) is 19.1 Å². The Morgan fingerprint density at radius 1 is 1.09 bits per heavy atom. The van der Waals surface area contributed by atoms with Gasteiger partial charge < -0.3 is 24.3 Å². The average Bonchev–Trinajstić information content (AvgIpc) is 2.51. The third kappa shape index (κ3) is 4.03. The second-order valence-corrected chi connectivity index (χ2v) is 4.33. The smallest absolute Gasteiger partial charge is 0.333 e. The molecule has 0 heterocycles. The number of benzene rings is 1. The summed E-state index contributed by atoms with van der Waals surface area (Å²) in [7, 11) is 4.41. The van der Waals surface area contributed by atoms with Crippen LogP contribution in [0.1, 0.15) is 25.5 Å². The fourth-order valence-electron chi connectivity index (χ4n) is 1.99. The SMILES string of the molecule is CCOC(=O)[C@H](NC(C)=O)c1c(OC)cc(OC)cc1OC. The maximum Gasteiger partial charge on any atom is 0.333 e. The number of amides is 1. The lowest BCUT2D eigenvalue weighted by Gasteiger charge is -2.22. The fraction of sp³-hybridized carbons (Fsp3) is 0.467. The lowest BCUT2D eigenvalue weighted by molar-refractivity contribution is -0.147. The molecule has 0 aliphatic rings. The second-order valence-electron chi connectivity index (χ2n) is 4.33. The Morgan fingerprint density at radius 3 is 2.00 bits per heavy atom. The Labute approximate surface area is 129 Å². The lowest BCUT2D eigenvalue weighted by atomic mass is 10.0. The average molecular weight is 311 g/mol. The van der Waals surface area contributed by atoms with Crippen LogP contribution >= 0.6 is 0 Å². The number of esters is 1. The zero-order valence-electron chi connectivity index (χ0n) is 13.4. The lowest BCUT2D eigenvalue weighted by Crippen LogP contribution is -2.34. The maximum atomic E-state index is 12.2. The molecule has 1 N–H and O–H groups in total. The number of carbonyl (C=O) groups excluding carboxylic acids is 2. The summed E-state index contributed by atoms with van der Waals surface area (Å²) < 4.78 is 20.8. The number of hydrogen-bond acceptors (Lipinski definition) is 6. The van der Waals surface area contributed by atoms with Crippen molar-refractivity contribution in [2.75, 3.05) is 27.9 Å². The van der Waals surface area contributed by atoms with Crippen molar-refractivity contribution in [2.45, 2.75) is 19.9 Å².